The van der Waals surface area contributed by atoms with Gasteiger partial charge in [-0.25, -0.2) is 0 Å². The molecule has 8 N–H and O–H groups in total. The normalized spacial score (nSPS) is 12.3. The third-order valence-corrected chi connectivity index (χ3v) is 0.965. The van der Waals surface area contributed by atoms with Gasteiger partial charge < -0.3 is 11.5 Å². The maximum atomic E-state index is 10.2. The molecule has 0 saturated heterocycles. The lowest BCUT2D eigenvalue weighted by atomic mass is 10.2. The van der Waals surface area contributed by atoms with Crippen molar-refractivity contribution in [2.75, 3.05) is 0 Å². The van der Waals surface area contributed by atoms with Crippen LogP contribution in [0.15, 0.2) is 0 Å². The van der Waals surface area contributed by atoms with E-state index in [2.05, 4.69) is 0 Å². The Morgan fingerprint density at radius 2 is 1.28 bits per heavy atom. The molecule has 0 aromatic carbocycles. The number of carbonyl (C=O) groups is 1. The molecule has 0 spiro atoms. The summed E-state index contributed by atoms with van der Waals surface area (Å²) in [5, 5.41) is 0. The number of carbonyl (C=O) groups excluding carboxylic acids is 1. The number of rotatable bonds is 3. The van der Waals surface area contributed by atoms with Gasteiger partial charge >= 0.3 is 20.8 Å². The van der Waals surface area contributed by atoms with Crippen molar-refractivity contribution in [1.82, 2.24) is 0 Å². The quantitative estimate of drug-likeness (QED) is 0.324. The molecule has 112 valence electrons. The first-order valence-corrected chi connectivity index (χ1v) is 6.92. The average Bonchev–Trinajstić information content (AvgIpc) is 1.97. The van der Waals surface area contributed by atoms with E-state index in [1.165, 1.54) is 0 Å². The second kappa shape index (κ2) is 10.1. The van der Waals surface area contributed by atoms with Gasteiger partial charge in [0.2, 0.25) is 5.91 Å². The van der Waals surface area contributed by atoms with Gasteiger partial charge in [-0.1, -0.05) is 13.3 Å². The van der Waals surface area contributed by atoms with Gasteiger partial charge in [-0.3, -0.25) is 23.0 Å². The number of hydrogen-bond acceptors (Lipinski definition) is 6. The summed E-state index contributed by atoms with van der Waals surface area (Å²) in [4.78, 5) is 10.2. The van der Waals surface area contributed by atoms with Crippen molar-refractivity contribution in [3.63, 3.8) is 0 Å². The highest BCUT2D eigenvalue weighted by Crippen LogP contribution is 1.89. The molecule has 0 bridgehead atoms. The molecule has 0 radical (unpaired) electrons. The van der Waals surface area contributed by atoms with Crippen molar-refractivity contribution < 1.29 is 39.8 Å². The van der Waals surface area contributed by atoms with Crippen LogP contribution in [0.25, 0.3) is 0 Å². The molecule has 1 unspecified atom stereocenters. The molecule has 18 heavy (non-hydrogen) atoms. The van der Waals surface area contributed by atoms with Gasteiger partial charge in [-0.05, 0) is 6.42 Å². The number of nitrogens with two attached hydrogens (primary N) is 2. The second-order valence-electron chi connectivity index (χ2n) is 2.69. The van der Waals surface area contributed by atoms with Crippen LogP contribution in [0.3, 0.4) is 0 Å². The summed E-state index contributed by atoms with van der Waals surface area (Å²) in [6.07, 6.45) is 1.60. The summed E-state index contributed by atoms with van der Waals surface area (Å²) in [5.41, 5.74) is 10.1. The SMILES string of the molecule is CCCC(N)C(N)=O.O=S(=O)(O)O.O=S(=O)(O)O. The zero-order chi connectivity index (χ0) is 15.6. The molecule has 1 atom stereocenters. The Labute approximate surface area is 104 Å². The minimum Gasteiger partial charge on any atom is -0.368 e. The Balaban J connectivity index is -0.000000197. The Bertz CT molecular complexity index is 368. The van der Waals surface area contributed by atoms with Gasteiger partial charge in [0.05, 0.1) is 6.04 Å². The van der Waals surface area contributed by atoms with E-state index in [0.717, 1.165) is 6.42 Å². The monoisotopic (exact) mass is 312 g/mol. The molecular weight excluding hydrogens is 296 g/mol. The molecule has 0 aliphatic carbocycles. The largest absolute Gasteiger partial charge is 0.394 e. The lowest BCUT2D eigenvalue weighted by Gasteiger charge is -2.01. The van der Waals surface area contributed by atoms with Crippen LogP contribution in [0, 0.1) is 0 Å². The van der Waals surface area contributed by atoms with E-state index in [1.807, 2.05) is 6.92 Å². The third kappa shape index (κ3) is 80.0. The van der Waals surface area contributed by atoms with Gasteiger partial charge in [0.25, 0.3) is 0 Å². The van der Waals surface area contributed by atoms with Gasteiger partial charge in [0, 0.05) is 0 Å². The van der Waals surface area contributed by atoms with Crippen LogP contribution in [0.2, 0.25) is 0 Å². The average molecular weight is 312 g/mol. The summed E-state index contributed by atoms with van der Waals surface area (Å²) in [6.45, 7) is 1.96. The Hall–Kier alpha value is -0.830. The van der Waals surface area contributed by atoms with E-state index in [0.29, 0.717) is 6.42 Å². The standard InChI is InChI=1S/C5H12N2O.2H2O4S/c1-2-3-4(6)5(7)8;2*1-5(2,3)4/h4H,2-3,6H2,1H3,(H2,7,8);2*(H2,1,2,3,4). The predicted molar refractivity (Wildman–Crippen MR) is 60.4 cm³/mol. The maximum Gasteiger partial charge on any atom is 0.394 e. The lowest BCUT2D eigenvalue weighted by molar-refractivity contribution is -0.119. The minimum absolute atomic E-state index is 0.410. The molecule has 13 heteroatoms. The number of hydrogen-bond donors (Lipinski definition) is 6. The van der Waals surface area contributed by atoms with Crippen LogP contribution in [0.5, 0.6) is 0 Å². The van der Waals surface area contributed by atoms with Crippen molar-refractivity contribution >= 4 is 26.7 Å². The third-order valence-electron chi connectivity index (χ3n) is 0.965. The van der Waals surface area contributed by atoms with Crippen LogP contribution < -0.4 is 11.5 Å². The first-order chi connectivity index (χ1) is 7.68. The minimum atomic E-state index is -4.67. The van der Waals surface area contributed by atoms with E-state index >= 15 is 0 Å². The van der Waals surface area contributed by atoms with Crippen LogP contribution in [-0.4, -0.2) is 47.0 Å². The van der Waals surface area contributed by atoms with Crippen LogP contribution in [0.1, 0.15) is 19.8 Å². The number of primary amides is 1. The van der Waals surface area contributed by atoms with Gasteiger partial charge in [-0.2, -0.15) is 16.8 Å². The van der Waals surface area contributed by atoms with Crippen molar-refractivity contribution in [2.45, 2.75) is 25.8 Å². The molecule has 1 amide bonds. The van der Waals surface area contributed by atoms with Crippen molar-refractivity contribution in [3.8, 4) is 0 Å². The summed E-state index contributed by atoms with van der Waals surface area (Å²) in [5.74, 6) is -0.410. The van der Waals surface area contributed by atoms with Crippen LogP contribution in [-0.2, 0) is 25.6 Å². The molecule has 0 aliphatic heterocycles. The maximum absolute atomic E-state index is 10.2. The van der Waals surface area contributed by atoms with Crippen LogP contribution in [0.4, 0.5) is 0 Å². The van der Waals surface area contributed by atoms with E-state index in [1.54, 1.807) is 0 Å². The molecule has 0 heterocycles. The fraction of sp³-hybridized carbons (Fsp3) is 0.800. The highest BCUT2D eigenvalue weighted by Gasteiger charge is 2.05. The Kier molecular flexibility index (Phi) is 12.6. The first kappa shape index (κ1) is 22.4. The zero-order valence-electron chi connectivity index (χ0n) is 9.29. The fourth-order valence-electron chi connectivity index (χ4n) is 0.453. The summed E-state index contributed by atoms with van der Waals surface area (Å²) < 4.78 is 63.2. The Morgan fingerprint density at radius 3 is 1.33 bits per heavy atom. The molecule has 0 aromatic heterocycles. The first-order valence-electron chi connectivity index (χ1n) is 4.13. The fourth-order valence-corrected chi connectivity index (χ4v) is 0.453. The highest BCUT2D eigenvalue weighted by molar-refractivity contribution is 7.80. The Morgan fingerprint density at radius 1 is 1.06 bits per heavy atom. The summed E-state index contributed by atoms with van der Waals surface area (Å²) >= 11 is 0. The van der Waals surface area contributed by atoms with Crippen molar-refractivity contribution in [3.05, 3.63) is 0 Å². The molecule has 0 rings (SSSR count). The van der Waals surface area contributed by atoms with Gasteiger partial charge in [0.1, 0.15) is 0 Å². The van der Waals surface area contributed by atoms with E-state index in [-0.39, 0.29) is 0 Å². The molecule has 0 saturated carbocycles. The van der Waals surface area contributed by atoms with Crippen molar-refractivity contribution in [2.24, 2.45) is 11.5 Å². The smallest absolute Gasteiger partial charge is 0.368 e. The molecule has 0 fully saturated rings. The predicted octanol–water partition coefficient (Wildman–Crippen LogP) is -1.71. The summed E-state index contributed by atoms with van der Waals surface area (Å²) in [6, 6.07) is -0.444. The lowest BCUT2D eigenvalue weighted by Crippen LogP contribution is -2.35. The molecule has 11 nitrogen and oxygen atoms in total. The molecular formula is C5H16N2O9S2. The summed E-state index contributed by atoms with van der Waals surface area (Å²) in [7, 11) is -9.33. The van der Waals surface area contributed by atoms with E-state index in [9.17, 15) is 4.79 Å². The van der Waals surface area contributed by atoms with Gasteiger partial charge in [-0.15, -0.1) is 0 Å². The van der Waals surface area contributed by atoms with Gasteiger partial charge in [0.15, 0.2) is 0 Å². The van der Waals surface area contributed by atoms with E-state index < -0.39 is 32.7 Å². The van der Waals surface area contributed by atoms with Crippen LogP contribution >= 0.6 is 0 Å². The highest BCUT2D eigenvalue weighted by atomic mass is 32.3. The molecule has 0 aromatic rings. The van der Waals surface area contributed by atoms with E-state index in [4.69, 9.17) is 46.5 Å². The van der Waals surface area contributed by atoms with Crippen molar-refractivity contribution in [1.29, 1.82) is 0 Å². The zero-order valence-corrected chi connectivity index (χ0v) is 10.9. The molecule has 0 aliphatic rings. The topological polar surface area (TPSA) is 218 Å². The second-order valence-corrected chi connectivity index (χ2v) is 4.48. The number of amides is 1.